The van der Waals surface area contributed by atoms with E-state index in [0.717, 1.165) is 0 Å². The largest absolute Gasteiger partial charge is 0.389 e. The van der Waals surface area contributed by atoms with E-state index in [1.807, 2.05) is 20.8 Å². The van der Waals surface area contributed by atoms with Crippen molar-refractivity contribution in [3.63, 3.8) is 0 Å². The van der Waals surface area contributed by atoms with Crippen LogP contribution in [0.2, 0.25) is 0 Å². The molecule has 102 valence electrons. The summed E-state index contributed by atoms with van der Waals surface area (Å²) < 4.78 is 5.22. The molecule has 5 nitrogen and oxygen atoms in total. The molecular weight excluding hydrogens is 220 g/mol. The van der Waals surface area contributed by atoms with Gasteiger partial charge in [0.2, 0.25) is 0 Å². The number of carbonyl (C=O) groups is 1. The van der Waals surface area contributed by atoms with E-state index in [2.05, 4.69) is 5.32 Å². The average Bonchev–Trinajstić information content (AvgIpc) is 2.21. The van der Waals surface area contributed by atoms with Crippen molar-refractivity contribution in [2.45, 2.75) is 45.8 Å². The van der Waals surface area contributed by atoms with Crippen LogP contribution in [0.3, 0.4) is 0 Å². The molecule has 0 unspecified atom stereocenters. The van der Waals surface area contributed by atoms with E-state index in [1.165, 1.54) is 0 Å². The van der Waals surface area contributed by atoms with Crippen molar-refractivity contribution in [2.75, 3.05) is 26.7 Å². The second-order valence-electron chi connectivity index (χ2n) is 5.45. The Hall–Kier alpha value is -0.810. The van der Waals surface area contributed by atoms with E-state index < -0.39 is 5.60 Å². The maximum atomic E-state index is 11.9. The van der Waals surface area contributed by atoms with Crippen LogP contribution >= 0.6 is 0 Å². The van der Waals surface area contributed by atoms with Gasteiger partial charge in [0.15, 0.2) is 0 Å². The first-order valence-electron chi connectivity index (χ1n) is 5.91. The predicted molar refractivity (Wildman–Crippen MR) is 68.0 cm³/mol. The Morgan fingerprint density at radius 2 is 1.88 bits per heavy atom. The van der Waals surface area contributed by atoms with Crippen LogP contribution in [0.1, 0.15) is 34.6 Å². The Balaban J connectivity index is 4.28. The van der Waals surface area contributed by atoms with Crippen molar-refractivity contribution in [3.8, 4) is 0 Å². The van der Waals surface area contributed by atoms with Gasteiger partial charge in [-0.1, -0.05) is 0 Å². The standard InChI is InChI=1S/C12H26N2O3/c1-7-14(9-11(2,3)16)10(15)13-8-12(4,5)17-6/h16H,7-9H2,1-6H3,(H,13,15). The fraction of sp³-hybridized carbons (Fsp3) is 0.917. The van der Waals surface area contributed by atoms with Crippen LogP contribution in [0.4, 0.5) is 4.79 Å². The molecule has 0 atom stereocenters. The summed E-state index contributed by atoms with van der Waals surface area (Å²) in [5.74, 6) is 0. The highest BCUT2D eigenvalue weighted by atomic mass is 16.5. The number of hydrogen-bond donors (Lipinski definition) is 2. The fourth-order valence-corrected chi connectivity index (χ4v) is 1.27. The summed E-state index contributed by atoms with van der Waals surface area (Å²) in [6, 6.07) is -0.181. The Morgan fingerprint density at radius 1 is 1.35 bits per heavy atom. The molecule has 0 aliphatic carbocycles. The van der Waals surface area contributed by atoms with Crippen LogP contribution in [0.15, 0.2) is 0 Å². The Labute approximate surface area is 104 Å². The van der Waals surface area contributed by atoms with Crippen LogP contribution in [-0.2, 0) is 4.74 Å². The minimum atomic E-state index is -0.885. The highest BCUT2D eigenvalue weighted by molar-refractivity contribution is 5.74. The number of nitrogens with one attached hydrogen (secondary N) is 1. The minimum Gasteiger partial charge on any atom is -0.389 e. The SMILES string of the molecule is CCN(CC(C)(C)O)C(=O)NCC(C)(C)OC. The quantitative estimate of drug-likeness (QED) is 0.740. The zero-order chi connectivity index (χ0) is 13.7. The van der Waals surface area contributed by atoms with Gasteiger partial charge in [-0.05, 0) is 34.6 Å². The number of nitrogens with zero attached hydrogens (tertiary/aromatic N) is 1. The van der Waals surface area contributed by atoms with E-state index in [0.29, 0.717) is 19.6 Å². The van der Waals surface area contributed by atoms with Gasteiger partial charge in [0, 0.05) is 20.2 Å². The minimum absolute atomic E-state index is 0.181. The van der Waals surface area contributed by atoms with Crippen LogP contribution in [0.5, 0.6) is 0 Å². The predicted octanol–water partition coefficient (Wildman–Crippen LogP) is 1.21. The molecule has 0 aliphatic rings. The second-order valence-corrected chi connectivity index (χ2v) is 5.45. The molecule has 17 heavy (non-hydrogen) atoms. The number of rotatable bonds is 6. The molecule has 0 spiro atoms. The molecule has 0 aromatic carbocycles. The third kappa shape index (κ3) is 7.18. The summed E-state index contributed by atoms with van der Waals surface area (Å²) in [6.45, 7) is 10.4. The van der Waals surface area contributed by atoms with E-state index in [1.54, 1.807) is 25.9 Å². The molecule has 0 heterocycles. The molecule has 0 aliphatic heterocycles. The van der Waals surface area contributed by atoms with Gasteiger partial charge >= 0.3 is 6.03 Å². The summed E-state index contributed by atoms with van der Waals surface area (Å²) in [5, 5.41) is 12.5. The monoisotopic (exact) mass is 246 g/mol. The van der Waals surface area contributed by atoms with Gasteiger partial charge in [0.1, 0.15) is 0 Å². The van der Waals surface area contributed by atoms with Gasteiger partial charge in [0.25, 0.3) is 0 Å². The van der Waals surface area contributed by atoms with Crippen molar-refractivity contribution in [1.82, 2.24) is 10.2 Å². The summed E-state index contributed by atoms with van der Waals surface area (Å²) in [7, 11) is 1.61. The van der Waals surface area contributed by atoms with Crippen molar-refractivity contribution in [1.29, 1.82) is 0 Å². The molecule has 0 radical (unpaired) electrons. The van der Waals surface area contributed by atoms with E-state index in [9.17, 15) is 9.90 Å². The topological polar surface area (TPSA) is 61.8 Å². The molecule has 2 N–H and O–H groups in total. The first-order valence-corrected chi connectivity index (χ1v) is 5.91. The van der Waals surface area contributed by atoms with E-state index in [-0.39, 0.29) is 11.6 Å². The number of aliphatic hydroxyl groups is 1. The van der Waals surface area contributed by atoms with Crippen molar-refractivity contribution >= 4 is 6.03 Å². The first kappa shape index (κ1) is 16.2. The molecule has 2 amide bonds. The molecule has 0 aromatic heterocycles. The maximum absolute atomic E-state index is 11.9. The number of likely N-dealkylation sites (N-methyl/N-ethyl adjacent to an activating group) is 1. The third-order valence-electron chi connectivity index (χ3n) is 2.46. The van der Waals surface area contributed by atoms with Gasteiger partial charge in [-0.25, -0.2) is 4.79 Å². The van der Waals surface area contributed by atoms with Crippen molar-refractivity contribution in [2.24, 2.45) is 0 Å². The van der Waals surface area contributed by atoms with Crippen LogP contribution in [0, 0.1) is 0 Å². The molecular formula is C12H26N2O3. The zero-order valence-electron chi connectivity index (χ0n) is 11.8. The summed E-state index contributed by atoms with van der Waals surface area (Å²) >= 11 is 0. The number of carbonyl (C=O) groups excluding carboxylic acids is 1. The molecule has 0 aromatic rings. The van der Waals surface area contributed by atoms with Gasteiger partial charge < -0.3 is 20.1 Å². The number of urea groups is 1. The Kier molecular flexibility index (Phi) is 5.92. The normalized spacial score (nSPS) is 12.4. The second kappa shape index (κ2) is 6.21. The van der Waals surface area contributed by atoms with E-state index >= 15 is 0 Å². The van der Waals surface area contributed by atoms with Crippen LogP contribution in [-0.4, -0.2) is 54.0 Å². The van der Waals surface area contributed by atoms with Crippen molar-refractivity contribution in [3.05, 3.63) is 0 Å². The van der Waals surface area contributed by atoms with Crippen molar-refractivity contribution < 1.29 is 14.6 Å². The summed E-state index contributed by atoms with van der Waals surface area (Å²) in [4.78, 5) is 13.4. The van der Waals surface area contributed by atoms with Gasteiger partial charge in [-0.2, -0.15) is 0 Å². The lowest BCUT2D eigenvalue weighted by Gasteiger charge is -2.30. The average molecular weight is 246 g/mol. The number of methoxy groups -OCH3 is 1. The van der Waals surface area contributed by atoms with Gasteiger partial charge in [-0.3, -0.25) is 0 Å². The van der Waals surface area contributed by atoms with Crippen LogP contribution in [0.25, 0.3) is 0 Å². The third-order valence-corrected chi connectivity index (χ3v) is 2.46. The highest BCUT2D eigenvalue weighted by Crippen LogP contribution is 2.07. The number of ether oxygens (including phenoxy) is 1. The number of hydrogen-bond acceptors (Lipinski definition) is 3. The molecule has 0 saturated carbocycles. The smallest absolute Gasteiger partial charge is 0.317 e. The Morgan fingerprint density at radius 3 is 2.24 bits per heavy atom. The number of amides is 2. The fourth-order valence-electron chi connectivity index (χ4n) is 1.27. The molecule has 0 bridgehead atoms. The van der Waals surface area contributed by atoms with Gasteiger partial charge in [-0.15, -0.1) is 0 Å². The maximum Gasteiger partial charge on any atom is 0.317 e. The summed E-state index contributed by atoms with van der Waals surface area (Å²) in [5.41, 5.74) is -1.27. The molecule has 0 fully saturated rings. The summed E-state index contributed by atoms with van der Waals surface area (Å²) in [6.07, 6.45) is 0. The Bertz CT molecular complexity index is 247. The lowest BCUT2D eigenvalue weighted by Crippen LogP contribution is -2.50. The lowest BCUT2D eigenvalue weighted by molar-refractivity contribution is 0.0217. The van der Waals surface area contributed by atoms with Crippen LogP contribution < -0.4 is 5.32 Å². The van der Waals surface area contributed by atoms with Gasteiger partial charge in [0.05, 0.1) is 17.7 Å². The lowest BCUT2D eigenvalue weighted by atomic mass is 10.1. The molecule has 0 saturated heterocycles. The highest BCUT2D eigenvalue weighted by Gasteiger charge is 2.23. The molecule has 5 heteroatoms. The molecule has 0 rings (SSSR count). The first-order chi connectivity index (χ1) is 7.61. The zero-order valence-corrected chi connectivity index (χ0v) is 11.8. The van der Waals surface area contributed by atoms with E-state index in [4.69, 9.17) is 4.74 Å².